The fraction of sp³-hybridized carbons (Fsp3) is 0.895. The van der Waals surface area contributed by atoms with Crippen LogP contribution in [-0.4, -0.2) is 24.2 Å². The van der Waals surface area contributed by atoms with Crippen molar-refractivity contribution in [2.24, 2.45) is 20.8 Å². The maximum atomic E-state index is 10.5. The molecule has 0 aliphatic heterocycles. The van der Waals surface area contributed by atoms with E-state index in [-0.39, 0.29) is 12.1 Å². The van der Waals surface area contributed by atoms with E-state index in [0.29, 0.717) is 10.8 Å². The Kier molecular flexibility index (Phi) is 6.33. The van der Waals surface area contributed by atoms with Gasteiger partial charge < -0.3 is 0 Å². The summed E-state index contributed by atoms with van der Waals surface area (Å²) in [7, 11) is 0. The smallest absolute Gasteiger partial charge is 0.211 e. The van der Waals surface area contributed by atoms with Gasteiger partial charge in [-0.25, -0.2) is 19.6 Å². The van der Waals surface area contributed by atoms with Gasteiger partial charge in [0.05, 0.1) is 12.1 Å². The van der Waals surface area contributed by atoms with Crippen LogP contribution < -0.4 is 0 Å². The van der Waals surface area contributed by atoms with E-state index < -0.39 is 0 Å². The van der Waals surface area contributed by atoms with E-state index in [0.717, 1.165) is 25.7 Å². The molecule has 128 valence electrons. The van der Waals surface area contributed by atoms with Crippen molar-refractivity contribution in [3.05, 3.63) is 0 Å². The molecule has 0 atom stereocenters. The number of nitrogens with zero attached hydrogens (tertiary/aromatic N) is 2. The van der Waals surface area contributed by atoms with Gasteiger partial charge in [0.2, 0.25) is 12.2 Å². The molecule has 2 fully saturated rings. The summed E-state index contributed by atoms with van der Waals surface area (Å²) >= 11 is 0. The van der Waals surface area contributed by atoms with Crippen LogP contribution in [0.25, 0.3) is 0 Å². The lowest BCUT2D eigenvalue weighted by Gasteiger charge is -2.48. The highest BCUT2D eigenvalue weighted by Crippen LogP contribution is 2.53. The monoisotopic (exact) mass is 318 g/mol. The lowest BCUT2D eigenvalue weighted by atomic mass is 9.58. The van der Waals surface area contributed by atoms with Gasteiger partial charge in [-0.15, -0.1) is 0 Å². The molecule has 2 saturated carbocycles. The van der Waals surface area contributed by atoms with Gasteiger partial charge in [-0.2, -0.15) is 0 Å². The van der Waals surface area contributed by atoms with Crippen LogP contribution in [0.2, 0.25) is 0 Å². The van der Waals surface area contributed by atoms with Crippen LogP contribution >= 0.6 is 0 Å². The molecule has 0 unspecified atom stereocenters. The number of isocyanates is 2. The number of hydrogen-bond acceptors (Lipinski definition) is 4. The molecule has 2 aliphatic carbocycles. The molecule has 4 nitrogen and oxygen atoms in total. The van der Waals surface area contributed by atoms with E-state index in [1.54, 1.807) is 12.2 Å². The van der Waals surface area contributed by atoms with Gasteiger partial charge in [-0.1, -0.05) is 26.7 Å². The summed E-state index contributed by atoms with van der Waals surface area (Å²) in [5.74, 6) is 0. The molecule has 4 heteroatoms. The first-order chi connectivity index (χ1) is 11.1. The summed E-state index contributed by atoms with van der Waals surface area (Å²) < 4.78 is 0. The normalized spacial score (nSPS) is 37.5. The molecular formula is C19H30N2O2. The Balaban J connectivity index is 2.02. The Morgan fingerprint density at radius 1 is 0.783 bits per heavy atom. The molecule has 0 N–H and O–H groups in total. The molecule has 2 rings (SSSR count). The third kappa shape index (κ3) is 4.40. The summed E-state index contributed by atoms with van der Waals surface area (Å²) in [5, 5.41) is 0. The van der Waals surface area contributed by atoms with Crippen molar-refractivity contribution in [3.63, 3.8) is 0 Å². The molecule has 0 spiro atoms. The highest BCUT2D eigenvalue weighted by Gasteiger charge is 2.43. The predicted octanol–water partition coefficient (Wildman–Crippen LogP) is 4.73. The first kappa shape index (κ1) is 18.1. The molecule has 2 aliphatic rings. The first-order valence-electron chi connectivity index (χ1n) is 9.25. The number of aliphatic imine (C=N–C) groups is 2. The Morgan fingerprint density at radius 2 is 1.13 bits per heavy atom. The van der Waals surface area contributed by atoms with Gasteiger partial charge in [0, 0.05) is 0 Å². The van der Waals surface area contributed by atoms with Crippen molar-refractivity contribution < 1.29 is 9.59 Å². The van der Waals surface area contributed by atoms with Crippen molar-refractivity contribution in [1.29, 1.82) is 0 Å². The minimum absolute atomic E-state index is 0.197. The lowest BCUT2D eigenvalue weighted by Crippen LogP contribution is -2.38. The molecule has 0 aromatic heterocycles. The van der Waals surface area contributed by atoms with Crippen LogP contribution in [0.5, 0.6) is 0 Å². The van der Waals surface area contributed by atoms with Gasteiger partial charge in [0.25, 0.3) is 0 Å². The summed E-state index contributed by atoms with van der Waals surface area (Å²) in [6.45, 7) is 4.63. The van der Waals surface area contributed by atoms with Gasteiger partial charge in [0.15, 0.2) is 0 Å². The van der Waals surface area contributed by atoms with E-state index in [9.17, 15) is 9.59 Å². The Labute approximate surface area is 139 Å². The number of hydrogen-bond donors (Lipinski definition) is 0. The number of rotatable bonds is 6. The average molecular weight is 318 g/mol. The average Bonchev–Trinajstić information content (AvgIpc) is 2.59. The van der Waals surface area contributed by atoms with Gasteiger partial charge in [-0.3, -0.25) is 0 Å². The Bertz CT molecular complexity index is 430. The minimum Gasteiger partial charge on any atom is -0.211 e. The molecule has 0 aromatic rings. The van der Waals surface area contributed by atoms with Crippen molar-refractivity contribution in [2.75, 3.05) is 0 Å². The van der Waals surface area contributed by atoms with E-state index in [2.05, 4.69) is 23.8 Å². The van der Waals surface area contributed by atoms with Gasteiger partial charge in [-0.05, 0) is 68.6 Å². The highest BCUT2D eigenvalue weighted by molar-refractivity contribution is 5.34. The molecule has 0 amide bonds. The van der Waals surface area contributed by atoms with E-state index in [4.69, 9.17) is 0 Å². The zero-order valence-corrected chi connectivity index (χ0v) is 14.6. The standard InChI is InChI=1S/C19H30N2O2/c1-3-18(9-5-16(6-10-18)20-14-22)13-19(4-2)11-7-17(8-12-19)21-15-23/h16-17H,3-13H2,1-2H3. The Hall–Kier alpha value is -1.24. The van der Waals surface area contributed by atoms with Crippen LogP contribution in [0.3, 0.4) is 0 Å². The van der Waals surface area contributed by atoms with Crippen LogP contribution in [0.1, 0.15) is 84.5 Å². The molecule has 0 aromatic carbocycles. The summed E-state index contributed by atoms with van der Waals surface area (Å²) in [5.41, 5.74) is 0.817. The number of carbonyl (C=O) groups excluding carboxylic acids is 2. The van der Waals surface area contributed by atoms with Crippen molar-refractivity contribution >= 4 is 12.2 Å². The van der Waals surface area contributed by atoms with E-state index in [1.165, 1.54) is 44.9 Å². The van der Waals surface area contributed by atoms with Crippen LogP contribution in [-0.2, 0) is 9.59 Å². The molecule has 0 saturated heterocycles. The van der Waals surface area contributed by atoms with Gasteiger partial charge in [0.1, 0.15) is 0 Å². The molecule has 23 heavy (non-hydrogen) atoms. The first-order valence-corrected chi connectivity index (χ1v) is 9.25. The second-order valence-electron chi connectivity index (χ2n) is 7.79. The predicted molar refractivity (Wildman–Crippen MR) is 90.8 cm³/mol. The maximum Gasteiger partial charge on any atom is 0.235 e. The summed E-state index contributed by atoms with van der Waals surface area (Å²) in [4.78, 5) is 28.8. The topological polar surface area (TPSA) is 58.9 Å². The SMILES string of the molecule is CCC1(CC2(CC)CCC(N=C=O)CC2)CCC(N=C=O)CC1. The fourth-order valence-corrected chi connectivity index (χ4v) is 4.94. The summed E-state index contributed by atoms with van der Waals surface area (Å²) in [6, 6.07) is 0.393. The fourth-order valence-electron chi connectivity index (χ4n) is 4.94. The zero-order valence-electron chi connectivity index (χ0n) is 14.6. The van der Waals surface area contributed by atoms with Crippen molar-refractivity contribution in [2.45, 2.75) is 96.6 Å². The Morgan fingerprint density at radius 3 is 1.39 bits per heavy atom. The van der Waals surface area contributed by atoms with Crippen LogP contribution in [0, 0.1) is 10.8 Å². The van der Waals surface area contributed by atoms with E-state index in [1.807, 2.05) is 0 Å². The van der Waals surface area contributed by atoms with Crippen molar-refractivity contribution in [1.82, 2.24) is 0 Å². The molecule has 0 bridgehead atoms. The molecular weight excluding hydrogens is 288 g/mol. The summed E-state index contributed by atoms with van der Waals surface area (Å²) in [6.07, 6.45) is 16.0. The molecule has 0 radical (unpaired) electrons. The quantitative estimate of drug-likeness (QED) is 0.525. The largest absolute Gasteiger partial charge is 0.235 e. The zero-order chi connectivity index (χ0) is 16.8. The van der Waals surface area contributed by atoms with Gasteiger partial charge >= 0.3 is 0 Å². The molecule has 0 heterocycles. The maximum absolute atomic E-state index is 10.5. The lowest BCUT2D eigenvalue weighted by molar-refractivity contribution is 0.0417. The second-order valence-corrected chi connectivity index (χ2v) is 7.79. The van der Waals surface area contributed by atoms with Crippen molar-refractivity contribution in [3.8, 4) is 0 Å². The van der Waals surface area contributed by atoms with E-state index >= 15 is 0 Å². The van der Waals surface area contributed by atoms with Crippen LogP contribution in [0.4, 0.5) is 0 Å². The third-order valence-electron chi connectivity index (χ3n) is 6.75. The third-order valence-corrected chi connectivity index (χ3v) is 6.75. The minimum atomic E-state index is 0.197. The van der Waals surface area contributed by atoms with Crippen LogP contribution in [0.15, 0.2) is 9.98 Å². The highest BCUT2D eigenvalue weighted by atomic mass is 16.1. The second kappa shape index (κ2) is 8.04.